The summed E-state index contributed by atoms with van der Waals surface area (Å²) in [5.74, 6) is 0.464. The van der Waals surface area contributed by atoms with Gasteiger partial charge in [-0.05, 0) is 49.7 Å². The van der Waals surface area contributed by atoms with Gasteiger partial charge in [0.1, 0.15) is 0 Å². The van der Waals surface area contributed by atoms with Crippen LogP contribution >= 0.6 is 0 Å². The normalized spacial score (nSPS) is 12.5. The number of hydrogen-bond acceptors (Lipinski definition) is 7. The average Bonchev–Trinajstić information content (AvgIpc) is 3.52. The third-order valence-electron chi connectivity index (χ3n) is 5.21. The van der Waals surface area contributed by atoms with Gasteiger partial charge in [0, 0.05) is 42.5 Å². The minimum Gasteiger partial charge on any atom is -0.324 e. The quantitative estimate of drug-likeness (QED) is 0.451. The van der Waals surface area contributed by atoms with E-state index in [1.807, 2.05) is 55.7 Å². The molecule has 1 atom stereocenters. The largest absolute Gasteiger partial charge is 0.324 e. The lowest BCUT2D eigenvalue weighted by Crippen LogP contribution is -2.30. The van der Waals surface area contributed by atoms with Gasteiger partial charge in [0.05, 0.1) is 41.7 Å². The summed E-state index contributed by atoms with van der Waals surface area (Å²) in [4.78, 5) is 8.92. The van der Waals surface area contributed by atoms with Gasteiger partial charge in [0.15, 0.2) is 0 Å². The van der Waals surface area contributed by atoms with Crippen molar-refractivity contribution in [2.24, 2.45) is 0 Å². The summed E-state index contributed by atoms with van der Waals surface area (Å²) in [6, 6.07) is 15.8. The van der Waals surface area contributed by atoms with Crippen molar-refractivity contribution in [1.29, 1.82) is 10.5 Å². The monoisotopic (exact) mass is 423 g/mol. The molecular weight excluding hydrogens is 402 g/mol. The van der Waals surface area contributed by atoms with Crippen molar-refractivity contribution >= 4 is 11.6 Å². The van der Waals surface area contributed by atoms with Crippen LogP contribution in [0.15, 0.2) is 67.4 Å². The van der Waals surface area contributed by atoms with E-state index in [9.17, 15) is 5.26 Å². The second-order valence-corrected chi connectivity index (χ2v) is 7.55. The zero-order chi connectivity index (χ0) is 22.4. The maximum Gasteiger partial charge on any atom is 0.227 e. The van der Waals surface area contributed by atoms with Crippen molar-refractivity contribution in [3.05, 3.63) is 67.4 Å². The van der Waals surface area contributed by atoms with Crippen LogP contribution in [-0.2, 0) is 5.54 Å². The van der Waals surface area contributed by atoms with Crippen LogP contribution in [0.4, 0.5) is 11.6 Å². The van der Waals surface area contributed by atoms with Gasteiger partial charge in [-0.2, -0.15) is 20.7 Å². The highest BCUT2D eigenvalue weighted by molar-refractivity contribution is 5.61. The molecule has 1 aromatic carbocycles. The zero-order valence-corrected chi connectivity index (χ0v) is 17.5. The molecule has 4 aromatic rings. The van der Waals surface area contributed by atoms with Crippen molar-refractivity contribution in [1.82, 2.24) is 29.5 Å². The van der Waals surface area contributed by atoms with Crippen LogP contribution in [0.2, 0.25) is 0 Å². The van der Waals surface area contributed by atoms with Crippen molar-refractivity contribution in [3.63, 3.8) is 0 Å². The Kier molecular flexibility index (Phi) is 5.91. The molecule has 0 aliphatic heterocycles. The first kappa shape index (κ1) is 20.8. The molecule has 4 rings (SSSR count). The van der Waals surface area contributed by atoms with Gasteiger partial charge in [0.25, 0.3) is 0 Å². The highest BCUT2D eigenvalue weighted by Gasteiger charge is 2.27. The predicted molar refractivity (Wildman–Crippen MR) is 119 cm³/mol. The lowest BCUT2D eigenvalue weighted by atomic mass is 9.93. The fourth-order valence-corrected chi connectivity index (χ4v) is 3.36. The van der Waals surface area contributed by atoms with Gasteiger partial charge in [-0.15, -0.1) is 0 Å². The van der Waals surface area contributed by atoms with Crippen molar-refractivity contribution in [3.8, 4) is 29.1 Å². The summed E-state index contributed by atoms with van der Waals surface area (Å²) in [7, 11) is 0. The van der Waals surface area contributed by atoms with E-state index in [1.165, 1.54) is 0 Å². The van der Waals surface area contributed by atoms with Gasteiger partial charge in [0.2, 0.25) is 5.95 Å². The van der Waals surface area contributed by atoms with Gasteiger partial charge >= 0.3 is 0 Å². The molecule has 9 nitrogen and oxygen atoms in total. The van der Waals surface area contributed by atoms with Crippen molar-refractivity contribution in [2.75, 3.05) is 5.32 Å². The Morgan fingerprint density at radius 1 is 1.06 bits per heavy atom. The molecule has 158 valence electrons. The molecular formula is C23H21N9. The van der Waals surface area contributed by atoms with Gasteiger partial charge in [-0.1, -0.05) is 0 Å². The summed E-state index contributed by atoms with van der Waals surface area (Å²) < 4.78 is 3.54. The molecule has 0 aliphatic carbocycles. The third-order valence-corrected chi connectivity index (χ3v) is 5.21. The molecule has 0 spiro atoms. The highest BCUT2D eigenvalue weighted by atomic mass is 15.3. The number of benzene rings is 1. The summed E-state index contributed by atoms with van der Waals surface area (Å²) in [6.45, 7) is 1.93. The molecule has 0 bridgehead atoms. The smallest absolute Gasteiger partial charge is 0.227 e. The zero-order valence-electron chi connectivity index (χ0n) is 17.5. The first-order chi connectivity index (χ1) is 15.6. The summed E-state index contributed by atoms with van der Waals surface area (Å²) in [6.07, 6.45) is 10.0. The Morgan fingerprint density at radius 3 is 2.62 bits per heavy atom. The van der Waals surface area contributed by atoms with E-state index in [2.05, 4.69) is 37.6 Å². The number of rotatable bonds is 8. The van der Waals surface area contributed by atoms with Crippen LogP contribution in [0.5, 0.6) is 0 Å². The molecule has 0 fully saturated rings. The molecule has 32 heavy (non-hydrogen) atoms. The van der Waals surface area contributed by atoms with Gasteiger partial charge < -0.3 is 5.32 Å². The van der Waals surface area contributed by atoms with Gasteiger partial charge in [-0.3, -0.25) is 4.68 Å². The Balaban J connectivity index is 1.52. The molecule has 1 N–H and O–H groups in total. The van der Waals surface area contributed by atoms with E-state index < -0.39 is 5.54 Å². The predicted octanol–water partition coefficient (Wildman–Crippen LogP) is 4.20. The summed E-state index contributed by atoms with van der Waals surface area (Å²) in [5, 5.41) is 30.1. The maximum atomic E-state index is 9.23. The number of anilines is 2. The minimum atomic E-state index is -0.548. The molecule has 9 heteroatoms. The van der Waals surface area contributed by atoms with Crippen LogP contribution in [0.1, 0.15) is 26.2 Å². The van der Waals surface area contributed by atoms with E-state index in [4.69, 9.17) is 5.26 Å². The minimum absolute atomic E-state index is 0.265. The Morgan fingerprint density at radius 2 is 1.91 bits per heavy atom. The molecule has 0 radical (unpaired) electrons. The van der Waals surface area contributed by atoms with Crippen LogP contribution in [-0.4, -0.2) is 29.5 Å². The summed E-state index contributed by atoms with van der Waals surface area (Å²) >= 11 is 0. The second kappa shape index (κ2) is 9.11. The lowest BCUT2D eigenvalue weighted by Gasteiger charge is -2.26. The third kappa shape index (κ3) is 4.47. The van der Waals surface area contributed by atoms with Crippen molar-refractivity contribution < 1.29 is 0 Å². The lowest BCUT2D eigenvalue weighted by molar-refractivity contribution is 0.273. The average molecular weight is 423 g/mol. The fraction of sp³-hybridized carbons (Fsp3) is 0.217. The Bertz CT molecular complexity index is 1260. The number of hydrogen-bond donors (Lipinski definition) is 1. The first-order valence-electron chi connectivity index (χ1n) is 10.1. The van der Waals surface area contributed by atoms with E-state index >= 15 is 0 Å². The van der Waals surface area contributed by atoms with Gasteiger partial charge in [-0.25, -0.2) is 14.6 Å². The Labute approximate surface area is 185 Å². The number of aromatic nitrogens is 6. The standard InChI is InChI=1S/C23H21N9/c1-23(10-12-25,9-2-11-24)32-17-18(16-28-32)21-8-14-26-22(30-21)29-19-4-6-20(7-5-19)31-15-3-13-27-31/h3-8,13-17H,2,9-10H2,1H3,(H,26,29,30). The maximum absolute atomic E-state index is 9.23. The molecule has 0 aliphatic rings. The Hall–Kier alpha value is -4.50. The molecule has 0 saturated heterocycles. The molecule has 3 aromatic heterocycles. The highest BCUT2D eigenvalue weighted by Crippen LogP contribution is 2.28. The van der Waals surface area contributed by atoms with E-state index in [1.54, 1.807) is 28.0 Å². The summed E-state index contributed by atoms with van der Waals surface area (Å²) in [5.41, 5.74) is 2.78. The van der Waals surface area contributed by atoms with E-state index in [-0.39, 0.29) is 6.42 Å². The van der Waals surface area contributed by atoms with Crippen LogP contribution < -0.4 is 5.32 Å². The van der Waals surface area contributed by atoms with E-state index in [0.29, 0.717) is 24.5 Å². The first-order valence-corrected chi connectivity index (χ1v) is 10.1. The van der Waals surface area contributed by atoms with Crippen LogP contribution in [0.25, 0.3) is 16.9 Å². The number of nitrogens with zero attached hydrogens (tertiary/aromatic N) is 8. The van der Waals surface area contributed by atoms with Crippen molar-refractivity contribution in [2.45, 2.75) is 31.7 Å². The van der Waals surface area contributed by atoms with E-state index in [0.717, 1.165) is 16.9 Å². The molecule has 0 saturated carbocycles. The fourth-order valence-electron chi connectivity index (χ4n) is 3.36. The SMILES string of the molecule is CC(CC#N)(CCC#N)n1cc(-c2ccnc(Nc3ccc(-n4cccn4)cc3)n2)cn1. The number of nitrogens with one attached hydrogen (secondary N) is 1. The van der Waals surface area contributed by atoms with Crippen LogP contribution in [0, 0.1) is 22.7 Å². The van der Waals surface area contributed by atoms with Crippen LogP contribution in [0.3, 0.4) is 0 Å². The topological polar surface area (TPSA) is 121 Å². The molecule has 0 amide bonds. The second-order valence-electron chi connectivity index (χ2n) is 7.55. The number of nitriles is 2. The molecule has 1 unspecified atom stereocenters. The molecule has 3 heterocycles.